The van der Waals surface area contributed by atoms with E-state index in [1.807, 2.05) is 60.7 Å². The summed E-state index contributed by atoms with van der Waals surface area (Å²) in [6.07, 6.45) is 0. The lowest BCUT2D eigenvalue weighted by Gasteiger charge is -2.50. The number of amides is 2. The summed E-state index contributed by atoms with van der Waals surface area (Å²) < 4.78 is 0.820. The highest BCUT2D eigenvalue weighted by Gasteiger charge is 2.67. The molecule has 0 N–H and O–H groups in total. The summed E-state index contributed by atoms with van der Waals surface area (Å²) in [5.41, 5.74) is 4.59. The van der Waals surface area contributed by atoms with E-state index in [-0.39, 0.29) is 17.7 Å². The number of anilines is 1. The molecule has 0 unspecified atom stereocenters. The Morgan fingerprint density at radius 3 is 2.07 bits per heavy atom. The first-order chi connectivity index (χ1) is 14.0. The smallest absolute Gasteiger partial charge is 0.240 e. The summed E-state index contributed by atoms with van der Waals surface area (Å²) in [6.45, 7) is 0. The summed E-state index contributed by atoms with van der Waals surface area (Å²) >= 11 is 10.8. The zero-order valence-corrected chi connectivity index (χ0v) is 17.5. The molecule has 1 heterocycles. The number of halogens is 2. The maximum Gasteiger partial charge on any atom is 0.240 e. The highest BCUT2D eigenvalue weighted by Crippen LogP contribution is 2.65. The second-order valence-electron chi connectivity index (χ2n) is 7.86. The van der Waals surface area contributed by atoms with Gasteiger partial charge in [0.25, 0.3) is 0 Å². The molecule has 1 fully saturated rings. The normalized spacial score (nSPS) is 28.9. The van der Waals surface area contributed by atoms with E-state index in [2.05, 4.69) is 15.9 Å². The molecule has 0 saturated carbocycles. The summed E-state index contributed by atoms with van der Waals surface area (Å²) in [7, 11) is 0. The minimum atomic E-state index is -1.04. The molecule has 3 aliphatic carbocycles. The molecule has 3 aromatic rings. The molecule has 4 aliphatic rings. The Bertz CT molecular complexity index is 1180. The van der Waals surface area contributed by atoms with Gasteiger partial charge in [0, 0.05) is 10.4 Å². The average Bonchev–Trinajstić information content (AvgIpc) is 3.00. The molecule has 142 valence electrons. The monoisotopic (exact) mass is 463 g/mol. The number of carbonyl (C=O) groups excluding carboxylic acids is 2. The maximum atomic E-state index is 13.7. The third-order valence-corrected chi connectivity index (χ3v) is 7.72. The first-order valence-electron chi connectivity index (χ1n) is 9.54. The molecule has 29 heavy (non-hydrogen) atoms. The van der Waals surface area contributed by atoms with Crippen LogP contribution in [0.4, 0.5) is 5.69 Å². The quantitative estimate of drug-likeness (QED) is 0.367. The molecule has 0 radical (unpaired) electrons. The predicted molar refractivity (Wildman–Crippen MR) is 115 cm³/mol. The number of hydrogen-bond donors (Lipinski definition) is 0. The zero-order valence-electron chi connectivity index (χ0n) is 15.2. The van der Waals surface area contributed by atoms with E-state index >= 15 is 0 Å². The Morgan fingerprint density at radius 2 is 1.45 bits per heavy atom. The highest BCUT2D eigenvalue weighted by atomic mass is 79.9. The fourth-order valence-corrected chi connectivity index (χ4v) is 6.51. The SMILES string of the molecule is O=C1[C@H]2C3c4ccccc4C(Cl)(c4ccccc43)[C@H]2C(=O)N1c1cccc(Br)c1. The standard InChI is InChI=1S/C24H15BrClNO2/c25-13-6-5-7-14(12-13)27-22(28)20-19-15-8-1-3-10-17(15)24(26,21(20)23(27)29)18-11-4-2-9-16(18)19/h1-12,19-21H/t19?,20-,21+,24?/m0/s1. The molecule has 0 aromatic heterocycles. The number of benzene rings is 3. The molecule has 3 aromatic carbocycles. The van der Waals surface area contributed by atoms with Crippen LogP contribution in [0.1, 0.15) is 28.2 Å². The van der Waals surface area contributed by atoms with Crippen molar-refractivity contribution in [3.05, 3.63) is 99.5 Å². The number of carbonyl (C=O) groups is 2. The first kappa shape index (κ1) is 17.4. The van der Waals surface area contributed by atoms with Gasteiger partial charge in [-0.05, 0) is 40.5 Å². The molecular formula is C24H15BrClNO2. The molecule has 1 saturated heterocycles. The Kier molecular flexibility index (Phi) is 3.49. The van der Waals surface area contributed by atoms with Gasteiger partial charge < -0.3 is 0 Å². The van der Waals surface area contributed by atoms with E-state index in [0.717, 1.165) is 26.7 Å². The summed E-state index contributed by atoms with van der Waals surface area (Å²) in [4.78, 5) is 27.6. The molecule has 7 rings (SSSR count). The number of rotatable bonds is 1. The van der Waals surface area contributed by atoms with Crippen molar-refractivity contribution < 1.29 is 9.59 Å². The van der Waals surface area contributed by atoms with Gasteiger partial charge in [0.05, 0.1) is 17.5 Å². The highest BCUT2D eigenvalue weighted by molar-refractivity contribution is 9.10. The lowest BCUT2D eigenvalue weighted by Crippen LogP contribution is -2.50. The van der Waals surface area contributed by atoms with Crippen molar-refractivity contribution in [2.75, 3.05) is 4.90 Å². The third-order valence-electron chi connectivity index (χ3n) is 6.58. The van der Waals surface area contributed by atoms with Gasteiger partial charge in [-0.1, -0.05) is 70.5 Å². The van der Waals surface area contributed by atoms with Crippen LogP contribution in [0.3, 0.4) is 0 Å². The molecule has 2 bridgehead atoms. The topological polar surface area (TPSA) is 37.4 Å². The minimum Gasteiger partial charge on any atom is -0.274 e. The molecule has 1 aliphatic heterocycles. The van der Waals surface area contributed by atoms with Crippen LogP contribution >= 0.6 is 27.5 Å². The van der Waals surface area contributed by atoms with Crippen LogP contribution in [0, 0.1) is 11.8 Å². The fraction of sp³-hybridized carbons (Fsp3) is 0.167. The van der Waals surface area contributed by atoms with Gasteiger partial charge in [-0.15, -0.1) is 11.6 Å². The van der Waals surface area contributed by atoms with E-state index in [1.54, 1.807) is 12.1 Å². The summed E-state index contributed by atoms with van der Waals surface area (Å²) in [5.74, 6) is -1.67. The third kappa shape index (κ3) is 2.03. The predicted octanol–water partition coefficient (Wildman–Crippen LogP) is 5.20. The second kappa shape index (κ2) is 5.80. The van der Waals surface area contributed by atoms with Gasteiger partial charge in [0.1, 0.15) is 4.87 Å². The van der Waals surface area contributed by atoms with Crippen molar-refractivity contribution in [3.63, 3.8) is 0 Å². The minimum absolute atomic E-state index is 0.165. The van der Waals surface area contributed by atoms with Crippen LogP contribution in [0.5, 0.6) is 0 Å². The largest absolute Gasteiger partial charge is 0.274 e. The van der Waals surface area contributed by atoms with Crippen molar-refractivity contribution in [1.82, 2.24) is 0 Å². The molecule has 0 spiro atoms. The average molecular weight is 465 g/mol. The van der Waals surface area contributed by atoms with Crippen LogP contribution in [0.2, 0.25) is 0 Å². The number of alkyl halides is 1. The van der Waals surface area contributed by atoms with E-state index in [4.69, 9.17) is 11.6 Å². The molecule has 5 heteroatoms. The van der Waals surface area contributed by atoms with Gasteiger partial charge in [0.2, 0.25) is 11.8 Å². The van der Waals surface area contributed by atoms with Crippen LogP contribution < -0.4 is 4.90 Å². The Balaban J connectivity index is 1.63. The van der Waals surface area contributed by atoms with Crippen LogP contribution in [0.25, 0.3) is 0 Å². The molecule has 2 atom stereocenters. The number of nitrogens with zero attached hydrogens (tertiary/aromatic N) is 1. The van der Waals surface area contributed by atoms with Gasteiger partial charge in [-0.3, -0.25) is 9.59 Å². The summed E-state index contributed by atoms with van der Waals surface area (Å²) in [5, 5.41) is 0. The van der Waals surface area contributed by atoms with Crippen LogP contribution in [0.15, 0.2) is 77.3 Å². The Hall–Kier alpha value is -2.43. The van der Waals surface area contributed by atoms with Crippen molar-refractivity contribution in [1.29, 1.82) is 0 Å². The van der Waals surface area contributed by atoms with Gasteiger partial charge >= 0.3 is 0 Å². The van der Waals surface area contributed by atoms with Gasteiger partial charge in [-0.2, -0.15) is 0 Å². The van der Waals surface area contributed by atoms with Gasteiger partial charge in [0.15, 0.2) is 0 Å². The Labute approximate surface area is 181 Å². The summed E-state index contributed by atoms with van der Waals surface area (Å²) in [6, 6.07) is 23.3. The zero-order chi connectivity index (χ0) is 19.9. The fourth-order valence-electron chi connectivity index (χ4n) is 5.55. The van der Waals surface area contributed by atoms with Crippen molar-refractivity contribution in [3.8, 4) is 0 Å². The van der Waals surface area contributed by atoms with Gasteiger partial charge in [-0.25, -0.2) is 4.90 Å². The molecule has 2 amide bonds. The lowest BCUT2D eigenvalue weighted by molar-refractivity contribution is -0.122. The van der Waals surface area contributed by atoms with E-state index in [0.29, 0.717) is 5.69 Å². The van der Waals surface area contributed by atoms with E-state index in [9.17, 15) is 9.59 Å². The second-order valence-corrected chi connectivity index (χ2v) is 9.37. The maximum absolute atomic E-state index is 13.7. The van der Waals surface area contributed by atoms with Crippen molar-refractivity contribution >= 4 is 45.0 Å². The van der Waals surface area contributed by atoms with Crippen molar-refractivity contribution in [2.45, 2.75) is 10.8 Å². The van der Waals surface area contributed by atoms with Crippen LogP contribution in [-0.4, -0.2) is 11.8 Å². The number of imide groups is 1. The lowest BCUT2D eigenvalue weighted by atomic mass is 9.54. The van der Waals surface area contributed by atoms with Crippen molar-refractivity contribution in [2.24, 2.45) is 11.8 Å². The number of hydrogen-bond acceptors (Lipinski definition) is 2. The van der Waals surface area contributed by atoms with E-state index in [1.165, 1.54) is 4.90 Å². The molecular weight excluding hydrogens is 450 g/mol. The van der Waals surface area contributed by atoms with Crippen LogP contribution in [-0.2, 0) is 14.5 Å². The Morgan fingerprint density at radius 1 is 0.828 bits per heavy atom. The molecule has 3 nitrogen and oxygen atoms in total. The first-order valence-corrected chi connectivity index (χ1v) is 10.7. The van der Waals surface area contributed by atoms with E-state index < -0.39 is 16.7 Å².